The maximum absolute atomic E-state index is 6.10. The Bertz CT molecular complexity index is 1920. The molecule has 0 fully saturated rings. The van der Waals surface area contributed by atoms with Crippen molar-refractivity contribution in [2.75, 3.05) is 0 Å². The van der Waals surface area contributed by atoms with Crippen LogP contribution in [0.3, 0.4) is 0 Å². The Balaban J connectivity index is 1.43. The highest BCUT2D eigenvalue weighted by Crippen LogP contribution is 2.29. The van der Waals surface area contributed by atoms with Gasteiger partial charge in [-0.05, 0) is 36.6 Å². The molecule has 0 unspecified atom stereocenters. The Kier molecular flexibility index (Phi) is 5.40. The Morgan fingerprint density at radius 3 is 2.29 bits per heavy atom. The van der Waals surface area contributed by atoms with Crippen LogP contribution in [0, 0.1) is 6.92 Å². The second-order valence-electron chi connectivity index (χ2n) is 9.57. The molecule has 4 aromatic carbocycles. The smallest absolute Gasteiger partial charge is 0.241 e. The quantitative estimate of drug-likeness (QED) is 0.232. The number of aromatic nitrogens is 3. The van der Waals surface area contributed by atoms with Crippen LogP contribution in [0.2, 0.25) is 0 Å². The molecule has 0 aliphatic rings. The molecule has 5 heteroatoms. The summed E-state index contributed by atoms with van der Waals surface area (Å²) >= 11 is 0. The molecule has 0 aliphatic carbocycles. The molecule has 0 N–H and O–H groups in total. The zero-order valence-electron chi connectivity index (χ0n) is 21.0. The van der Waals surface area contributed by atoms with E-state index >= 15 is 0 Å². The molecule has 3 heterocycles. The lowest BCUT2D eigenvalue weighted by molar-refractivity contribution is 0.463. The first-order chi connectivity index (χ1) is 18.8. The molecule has 180 valence electrons. The van der Waals surface area contributed by atoms with Gasteiger partial charge in [0, 0.05) is 34.9 Å². The standard InChI is InChI=1S/C33H24BN3O/c1-23-22-36-33-30-21-26(17-18-28(30)29-14-5-6-15-31(29)37(23)33)34(24-10-3-2-4-11-24)25-12-9-13-27(20-25)38-32-16-7-8-19-35-32/h2-22H,1H3. The van der Waals surface area contributed by atoms with Gasteiger partial charge in [0.15, 0.2) is 0 Å². The molecule has 4 nitrogen and oxygen atoms in total. The molecule has 38 heavy (non-hydrogen) atoms. The van der Waals surface area contributed by atoms with Crippen LogP contribution in [0.5, 0.6) is 11.6 Å². The fourth-order valence-electron chi connectivity index (χ4n) is 5.50. The predicted molar refractivity (Wildman–Crippen MR) is 157 cm³/mol. The molecule has 0 bridgehead atoms. The van der Waals surface area contributed by atoms with E-state index in [1.54, 1.807) is 6.20 Å². The molecule has 0 amide bonds. The van der Waals surface area contributed by atoms with Crippen LogP contribution in [0.4, 0.5) is 0 Å². The average molecular weight is 489 g/mol. The van der Waals surface area contributed by atoms with Gasteiger partial charge < -0.3 is 4.74 Å². The van der Waals surface area contributed by atoms with Crippen LogP contribution in [-0.4, -0.2) is 21.1 Å². The third-order valence-corrected chi connectivity index (χ3v) is 7.18. The number of benzene rings is 4. The lowest BCUT2D eigenvalue weighted by atomic mass is 9.37. The average Bonchev–Trinajstić information content (AvgIpc) is 3.36. The van der Waals surface area contributed by atoms with E-state index in [1.165, 1.54) is 27.2 Å². The minimum Gasteiger partial charge on any atom is -0.439 e. The first-order valence-electron chi connectivity index (χ1n) is 12.8. The first kappa shape index (κ1) is 22.3. The number of pyridine rings is 2. The maximum atomic E-state index is 6.10. The van der Waals surface area contributed by atoms with Crippen LogP contribution < -0.4 is 21.1 Å². The number of rotatable bonds is 5. The zero-order valence-corrected chi connectivity index (χ0v) is 21.0. The van der Waals surface area contributed by atoms with Gasteiger partial charge in [0.1, 0.15) is 11.4 Å². The van der Waals surface area contributed by atoms with Crippen molar-refractivity contribution < 1.29 is 4.74 Å². The lowest BCUT2D eigenvalue weighted by Crippen LogP contribution is -2.51. The molecule has 0 radical (unpaired) electrons. The highest BCUT2D eigenvalue weighted by atomic mass is 16.5. The highest BCUT2D eigenvalue weighted by molar-refractivity contribution is 6.95. The summed E-state index contributed by atoms with van der Waals surface area (Å²) in [6, 6.07) is 40.0. The van der Waals surface area contributed by atoms with Crippen molar-refractivity contribution in [2.45, 2.75) is 6.92 Å². The third kappa shape index (κ3) is 3.80. The van der Waals surface area contributed by atoms with Gasteiger partial charge in [0.05, 0.1) is 5.52 Å². The van der Waals surface area contributed by atoms with Gasteiger partial charge in [0.25, 0.3) is 0 Å². The van der Waals surface area contributed by atoms with Crippen molar-refractivity contribution in [2.24, 2.45) is 0 Å². The van der Waals surface area contributed by atoms with Gasteiger partial charge in [-0.2, -0.15) is 0 Å². The third-order valence-electron chi connectivity index (χ3n) is 7.18. The molecule has 0 saturated heterocycles. The van der Waals surface area contributed by atoms with E-state index in [1.807, 2.05) is 36.5 Å². The van der Waals surface area contributed by atoms with E-state index in [0.29, 0.717) is 5.88 Å². The fourth-order valence-corrected chi connectivity index (χ4v) is 5.50. The second-order valence-corrected chi connectivity index (χ2v) is 9.57. The molecule has 0 saturated carbocycles. The predicted octanol–water partition coefficient (Wildman–Crippen LogP) is 5.65. The summed E-state index contributed by atoms with van der Waals surface area (Å²) in [6.45, 7) is 2.14. The molecule has 0 spiro atoms. The number of aryl methyl sites for hydroxylation is 1. The molecular weight excluding hydrogens is 465 g/mol. The number of imidazole rings is 1. The van der Waals surface area contributed by atoms with Gasteiger partial charge in [0.2, 0.25) is 12.6 Å². The molecule has 0 atom stereocenters. The van der Waals surface area contributed by atoms with Crippen molar-refractivity contribution in [3.05, 3.63) is 133 Å². The van der Waals surface area contributed by atoms with Gasteiger partial charge in [-0.1, -0.05) is 101 Å². The molecule has 3 aromatic heterocycles. The Morgan fingerprint density at radius 2 is 1.42 bits per heavy atom. The number of ether oxygens (including phenoxy) is 1. The van der Waals surface area contributed by atoms with Crippen molar-refractivity contribution in [3.8, 4) is 11.6 Å². The summed E-state index contributed by atoms with van der Waals surface area (Å²) < 4.78 is 8.36. The van der Waals surface area contributed by atoms with E-state index in [2.05, 4.69) is 101 Å². The maximum Gasteiger partial charge on any atom is 0.241 e. The topological polar surface area (TPSA) is 39.4 Å². The normalized spacial score (nSPS) is 11.3. The van der Waals surface area contributed by atoms with Crippen molar-refractivity contribution in [1.29, 1.82) is 0 Å². The summed E-state index contributed by atoms with van der Waals surface area (Å²) in [5.74, 6) is 1.34. The van der Waals surface area contributed by atoms with Crippen molar-refractivity contribution in [3.63, 3.8) is 0 Å². The zero-order chi connectivity index (χ0) is 25.5. The van der Waals surface area contributed by atoms with Gasteiger partial charge >= 0.3 is 0 Å². The number of fused-ring (bicyclic) bond motifs is 6. The lowest BCUT2D eigenvalue weighted by Gasteiger charge is -2.18. The highest BCUT2D eigenvalue weighted by Gasteiger charge is 2.23. The van der Waals surface area contributed by atoms with Crippen molar-refractivity contribution >= 4 is 50.4 Å². The number of hydrogen-bond acceptors (Lipinski definition) is 3. The summed E-state index contributed by atoms with van der Waals surface area (Å²) in [4.78, 5) is 9.16. The van der Waals surface area contributed by atoms with Crippen LogP contribution >= 0.6 is 0 Å². The summed E-state index contributed by atoms with van der Waals surface area (Å²) in [5, 5.41) is 3.59. The van der Waals surface area contributed by atoms with Gasteiger partial charge in [-0.15, -0.1) is 0 Å². The number of para-hydroxylation sites is 1. The number of nitrogens with zero attached hydrogens (tertiary/aromatic N) is 3. The first-order valence-corrected chi connectivity index (χ1v) is 12.8. The molecule has 7 aromatic rings. The van der Waals surface area contributed by atoms with Gasteiger partial charge in [-0.25, -0.2) is 9.97 Å². The largest absolute Gasteiger partial charge is 0.439 e. The van der Waals surface area contributed by atoms with Crippen LogP contribution in [0.1, 0.15) is 5.69 Å². The van der Waals surface area contributed by atoms with Crippen molar-refractivity contribution in [1.82, 2.24) is 14.4 Å². The fraction of sp³-hybridized carbons (Fsp3) is 0.0303. The van der Waals surface area contributed by atoms with Crippen LogP contribution in [0.15, 0.2) is 128 Å². The van der Waals surface area contributed by atoms with E-state index in [4.69, 9.17) is 9.72 Å². The van der Waals surface area contributed by atoms with Gasteiger partial charge in [-0.3, -0.25) is 4.40 Å². The molecular formula is C33H24BN3O. The summed E-state index contributed by atoms with van der Waals surface area (Å²) in [5.41, 5.74) is 6.87. The van der Waals surface area contributed by atoms with E-state index in [9.17, 15) is 0 Å². The molecule has 0 aliphatic heterocycles. The summed E-state index contributed by atoms with van der Waals surface area (Å²) in [6.07, 6.45) is 3.70. The van der Waals surface area contributed by atoms with E-state index in [-0.39, 0.29) is 6.71 Å². The second kappa shape index (κ2) is 9.20. The minimum atomic E-state index is 0.0236. The Hall–Kier alpha value is -4.90. The number of hydrogen-bond donors (Lipinski definition) is 0. The SMILES string of the molecule is Cc1cnc2c3cc(B(c4ccccc4)c4cccc(Oc5ccccn5)c4)ccc3c3ccccc3n12. The molecule has 7 rings (SSSR count). The monoisotopic (exact) mass is 489 g/mol. The van der Waals surface area contributed by atoms with E-state index < -0.39 is 0 Å². The Labute approximate surface area is 221 Å². The summed E-state index contributed by atoms with van der Waals surface area (Å²) in [7, 11) is 0. The van der Waals surface area contributed by atoms with Crippen LogP contribution in [-0.2, 0) is 0 Å². The Morgan fingerprint density at radius 1 is 0.632 bits per heavy atom. The minimum absolute atomic E-state index is 0.0236. The van der Waals surface area contributed by atoms with Crippen LogP contribution in [0.25, 0.3) is 27.3 Å². The van der Waals surface area contributed by atoms with E-state index in [0.717, 1.165) is 27.9 Å².